The third-order valence-corrected chi connectivity index (χ3v) is 6.81. The number of thiocarbonyl (C=S) groups is 1. The lowest BCUT2D eigenvalue weighted by Gasteiger charge is -2.26. The van der Waals surface area contributed by atoms with Crippen LogP contribution in [0.25, 0.3) is 0 Å². The molecule has 5 nitrogen and oxygen atoms in total. The number of nitrogens with one attached hydrogen (secondary N) is 1. The standard InChI is InChI=1S/C26H23N3O2S2/c1-17-9-11-20(12-10-17)33-23-14-13-22(31-23)25-24(21-8-3-4-15-27-21)28-26(32)29(25)18-6-5-7-19(16-18)30-2/h3-16,24-25H,1-2H3,(H,28,32)/t24-,25-/m1/s1. The first kappa shape index (κ1) is 21.6. The number of anilines is 1. The van der Waals surface area contributed by atoms with Gasteiger partial charge in [0.2, 0.25) is 0 Å². The molecule has 1 aliphatic rings. The average molecular weight is 474 g/mol. The zero-order valence-electron chi connectivity index (χ0n) is 18.3. The molecular weight excluding hydrogens is 450 g/mol. The predicted octanol–water partition coefficient (Wildman–Crippen LogP) is 6.32. The zero-order chi connectivity index (χ0) is 22.8. The number of aromatic nitrogens is 1. The SMILES string of the molecule is COc1cccc(N2C(=S)N[C@H](c3ccccn3)[C@H]2c2ccc(Sc3ccc(C)cc3)o2)c1. The van der Waals surface area contributed by atoms with Gasteiger partial charge in [-0.25, -0.2) is 0 Å². The van der Waals surface area contributed by atoms with Gasteiger partial charge in [0.1, 0.15) is 17.6 Å². The molecule has 1 saturated heterocycles. The summed E-state index contributed by atoms with van der Waals surface area (Å²) in [5, 5.41) is 4.91. The Morgan fingerprint density at radius 3 is 2.64 bits per heavy atom. The van der Waals surface area contributed by atoms with Crippen LogP contribution in [0.2, 0.25) is 0 Å². The normalized spacial score (nSPS) is 17.8. The van der Waals surface area contributed by atoms with Crippen molar-refractivity contribution in [3.63, 3.8) is 0 Å². The van der Waals surface area contributed by atoms with Gasteiger partial charge in [0.25, 0.3) is 0 Å². The third-order valence-electron chi connectivity index (χ3n) is 5.56. The number of methoxy groups -OCH3 is 1. The van der Waals surface area contributed by atoms with E-state index in [-0.39, 0.29) is 12.1 Å². The number of rotatable bonds is 6. The van der Waals surface area contributed by atoms with Gasteiger partial charge in [0.15, 0.2) is 10.2 Å². The number of pyridine rings is 1. The van der Waals surface area contributed by atoms with Gasteiger partial charge in [-0.2, -0.15) is 0 Å². The van der Waals surface area contributed by atoms with Gasteiger partial charge in [-0.1, -0.05) is 41.6 Å². The van der Waals surface area contributed by atoms with Crippen molar-refractivity contribution < 1.29 is 9.15 Å². The van der Waals surface area contributed by atoms with Crippen molar-refractivity contribution in [2.24, 2.45) is 0 Å². The predicted molar refractivity (Wildman–Crippen MR) is 135 cm³/mol. The zero-order valence-corrected chi connectivity index (χ0v) is 19.9. The Bertz CT molecular complexity index is 1260. The molecule has 0 unspecified atom stereocenters. The van der Waals surface area contributed by atoms with Crippen molar-refractivity contribution in [1.82, 2.24) is 10.3 Å². The first-order chi connectivity index (χ1) is 16.1. The van der Waals surface area contributed by atoms with E-state index in [1.165, 1.54) is 5.56 Å². The summed E-state index contributed by atoms with van der Waals surface area (Å²) in [7, 11) is 1.66. The van der Waals surface area contributed by atoms with Gasteiger partial charge in [0, 0.05) is 22.8 Å². The van der Waals surface area contributed by atoms with Crippen molar-refractivity contribution in [3.8, 4) is 5.75 Å². The summed E-state index contributed by atoms with van der Waals surface area (Å²) in [5.74, 6) is 1.58. The number of hydrogen-bond donors (Lipinski definition) is 1. The highest BCUT2D eigenvalue weighted by Crippen LogP contribution is 2.43. The second-order valence-electron chi connectivity index (χ2n) is 7.77. The number of aryl methyl sites for hydroxylation is 1. The summed E-state index contributed by atoms with van der Waals surface area (Å²) >= 11 is 7.38. The Morgan fingerprint density at radius 2 is 1.88 bits per heavy atom. The molecule has 2 aromatic carbocycles. The first-order valence-corrected chi connectivity index (χ1v) is 11.8. The highest BCUT2D eigenvalue weighted by Gasteiger charge is 2.42. The smallest absolute Gasteiger partial charge is 0.174 e. The molecule has 0 radical (unpaired) electrons. The molecule has 0 bridgehead atoms. The average Bonchev–Trinajstić information content (AvgIpc) is 3.45. The minimum atomic E-state index is -0.202. The molecule has 4 aromatic rings. The molecule has 2 atom stereocenters. The summed E-state index contributed by atoms with van der Waals surface area (Å²) in [6.45, 7) is 2.08. The van der Waals surface area contributed by atoms with E-state index in [4.69, 9.17) is 21.4 Å². The molecule has 1 aliphatic heterocycles. The molecule has 33 heavy (non-hydrogen) atoms. The van der Waals surface area contributed by atoms with Gasteiger partial charge in [0.05, 0.1) is 18.8 Å². The van der Waals surface area contributed by atoms with Crippen LogP contribution in [-0.4, -0.2) is 17.2 Å². The molecule has 2 aromatic heterocycles. The Morgan fingerprint density at radius 1 is 1.03 bits per heavy atom. The van der Waals surface area contributed by atoms with Crippen LogP contribution in [0.4, 0.5) is 5.69 Å². The molecule has 7 heteroatoms. The van der Waals surface area contributed by atoms with Crippen LogP contribution in [0.15, 0.2) is 99.5 Å². The van der Waals surface area contributed by atoms with Crippen molar-refractivity contribution >= 4 is 34.8 Å². The van der Waals surface area contributed by atoms with Gasteiger partial charge in [-0.3, -0.25) is 4.98 Å². The van der Waals surface area contributed by atoms with E-state index >= 15 is 0 Å². The fourth-order valence-corrected chi connectivity index (χ4v) is 5.08. The Labute approximate surface area is 202 Å². The quantitative estimate of drug-likeness (QED) is 0.329. The van der Waals surface area contributed by atoms with E-state index in [9.17, 15) is 0 Å². The summed E-state index contributed by atoms with van der Waals surface area (Å²) in [6.07, 6.45) is 1.80. The van der Waals surface area contributed by atoms with Crippen molar-refractivity contribution in [1.29, 1.82) is 0 Å². The number of ether oxygens (including phenoxy) is 1. The van der Waals surface area contributed by atoms with E-state index in [2.05, 4.69) is 46.4 Å². The molecule has 166 valence electrons. The molecule has 0 spiro atoms. The third kappa shape index (κ3) is 4.47. The summed E-state index contributed by atoms with van der Waals surface area (Å²) in [6, 6.07) is 25.9. The lowest BCUT2D eigenvalue weighted by Crippen LogP contribution is -2.29. The van der Waals surface area contributed by atoms with E-state index in [1.807, 2.05) is 54.6 Å². The Balaban J connectivity index is 1.53. The minimum absolute atomic E-state index is 0.159. The van der Waals surface area contributed by atoms with E-state index < -0.39 is 0 Å². The van der Waals surface area contributed by atoms with Crippen LogP contribution < -0.4 is 15.0 Å². The lowest BCUT2D eigenvalue weighted by molar-refractivity contribution is 0.383. The molecule has 5 rings (SSSR count). The fraction of sp³-hybridized carbons (Fsp3) is 0.154. The Kier molecular flexibility index (Phi) is 6.07. The van der Waals surface area contributed by atoms with E-state index in [0.717, 1.165) is 32.9 Å². The van der Waals surface area contributed by atoms with E-state index in [1.54, 1.807) is 25.1 Å². The number of hydrogen-bond acceptors (Lipinski definition) is 5. The largest absolute Gasteiger partial charge is 0.497 e. The summed E-state index contributed by atoms with van der Waals surface area (Å²) in [5.41, 5.74) is 3.07. The molecule has 1 N–H and O–H groups in total. The van der Waals surface area contributed by atoms with Crippen LogP contribution in [0.1, 0.15) is 29.1 Å². The maximum atomic E-state index is 6.37. The van der Waals surface area contributed by atoms with Crippen LogP contribution in [0, 0.1) is 6.92 Å². The first-order valence-electron chi connectivity index (χ1n) is 10.6. The molecule has 0 saturated carbocycles. The second kappa shape index (κ2) is 9.29. The number of benzene rings is 2. The minimum Gasteiger partial charge on any atom is -0.497 e. The van der Waals surface area contributed by atoms with Gasteiger partial charge in [-0.15, -0.1) is 0 Å². The number of nitrogens with zero attached hydrogens (tertiary/aromatic N) is 2. The molecule has 1 fully saturated rings. The molecule has 0 amide bonds. The summed E-state index contributed by atoms with van der Waals surface area (Å²) in [4.78, 5) is 7.81. The monoisotopic (exact) mass is 473 g/mol. The van der Waals surface area contributed by atoms with Crippen molar-refractivity contribution in [2.45, 2.75) is 29.0 Å². The van der Waals surface area contributed by atoms with Crippen LogP contribution in [-0.2, 0) is 0 Å². The van der Waals surface area contributed by atoms with Crippen LogP contribution in [0.5, 0.6) is 5.75 Å². The number of furan rings is 1. The van der Waals surface area contributed by atoms with Gasteiger partial charge in [-0.05, 0) is 67.7 Å². The topological polar surface area (TPSA) is 50.5 Å². The summed E-state index contributed by atoms with van der Waals surface area (Å²) < 4.78 is 11.8. The maximum absolute atomic E-state index is 6.37. The molecular formula is C26H23N3O2S2. The lowest BCUT2D eigenvalue weighted by atomic mass is 10.0. The van der Waals surface area contributed by atoms with Crippen LogP contribution in [0.3, 0.4) is 0 Å². The van der Waals surface area contributed by atoms with Gasteiger partial charge >= 0.3 is 0 Å². The molecule has 3 heterocycles. The highest BCUT2D eigenvalue weighted by molar-refractivity contribution is 7.99. The second-order valence-corrected chi connectivity index (χ2v) is 9.23. The van der Waals surface area contributed by atoms with E-state index in [0.29, 0.717) is 5.11 Å². The fourth-order valence-electron chi connectivity index (χ4n) is 3.95. The van der Waals surface area contributed by atoms with Gasteiger partial charge < -0.3 is 19.4 Å². The highest BCUT2D eigenvalue weighted by atomic mass is 32.2. The maximum Gasteiger partial charge on any atom is 0.174 e. The van der Waals surface area contributed by atoms with Crippen molar-refractivity contribution in [3.05, 3.63) is 102 Å². The van der Waals surface area contributed by atoms with Crippen LogP contribution >= 0.6 is 24.0 Å². The van der Waals surface area contributed by atoms with Crippen molar-refractivity contribution in [2.75, 3.05) is 12.0 Å². The molecule has 0 aliphatic carbocycles. The Hall–Kier alpha value is -3.29.